The maximum Gasteiger partial charge on any atom is 0.302 e. The van der Waals surface area contributed by atoms with Gasteiger partial charge in [-0.1, -0.05) is 13.3 Å². The molecule has 4 heterocycles. The molecule has 8 atom stereocenters. The Kier molecular flexibility index (Phi) is 3.51. The van der Waals surface area contributed by atoms with Gasteiger partial charge in [0.05, 0.1) is 37.3 Å². The van der Waals surface area contributed by atoms with Crippen molar-refractivity contribution >= 4 is 5.97 Å². The highest BCUT2D eigenvalue weighted by Crippen LogP contribution is 2.74. The molecule has 6 nitrogen and oxygen atoms in total. The van der Waals surface area contributed by atoms with Crippen LogP contribution < -0.4 is 0 Å². The highest BCUT2D eigenvalue weighted by Gasteiger charge is 2.79. The summed E-state index contributed by atoms with van der Waals surface area (Å²) in [5, 5.41) is 0. The number of furan rings is 1. The molecule has 0 aromatic carbocycles. The van der Waals surface area contributed by atoms with E-state index in [4.69, 9.17) is 23.4 Å². The van der Waals surface area contributed by atoms with Gasteiger partial charge < -0.3 is 23.4 Å². The Morgan fingerprint density at radius 3 is 2.89 bits per heavy atom. The first-order chi connectivity index (χ1) is 13.5. The summed E-state index contributed by atoms with van der Waals surface area (Å²) < 4.78 is 30.4. The normalized spacial score (nSPS) is 51.4. The monoisotopic (exact) mass is 388 g/mol. The van der Waals surface area contributed by atoms with Gasteiger partial charge in [0.15, 0.2) is 6.29 Å². The minimum atomic E-state index is -0.255. The van der Waals surface area contributed by atoms with E-state index < -0.39 is 0 Å². The van der Waals surface area contributed by atoms with E-state index in [9.17, 15) is 4.79 Å². The molecule has 0 N–H and O–H groups in total. The molecule has 0 unspecified atom stereocenters. The molecule has 2 bridgehead atoms. The molecule has 5 fully saturated rings. The first-order valence-corrected chi connectivity index (χ1v) is 10.6. The van der Waals surface area contributed by atoms with Gasteiger partial charge in [-0.25, -0.2) is 0 Å². The van der Waals surface area contributed by atoms with Crippen LogP contribution in [0.1, 0.15) is 57.6 Å². The fraction of sp³-hybridized carbons (Fsp3) is 0.773. The lowest BCUT2D eigenvalue weighted by Gasteiger charge is -2.66. The van der Waals surface area contributed by atoms with Gasteiger partial charge in [-0.05, 0) is 43.6 Å². The first-order valence-electron chi connectivity index (χ1n) is 10.6. The van der Waals surface area contributed by atoms with Crippen molar-refractivity contribution in [2.75, 3.05) is 13.2 Å². The molecule has 152 valence electrons. The quantitative estimate of drug-likeness (QED) is 0.569. The molecule has 3 aliphatic heterocycles. The van der Waals surface area contributed by atoms with Crippen LogP contribution in [0.3, 0.4) is 0 Å². The summed E-state index contributed by atoms with van der Waals surface area (Å²) in [5.74, 6) is 0.509. The lowest BCUT2D eigenvalue weighted by molar-refractivity contribution is -0.332. The largest absolute Gasteiger partial charge is 0.472 e. The Balaban J connectivity index is 1.46. The van der Waals surface area contributed by atoms with Crippen LogP contribution in [-0.2, 0) is 23.7 Å². The van der Waals surface area contributed by atoms with E-state index in [1.807, 2.05) is 6.07 Å². The highest BCUT2D eigenvalue weighted by atomic mass is 16.7. The molecule has 6 rings (SSSR count). The number of hydrogen-bond donors (Lipinski definition) is 0. The first kappa shape index (κ1) is 17.5. The zero-order valence-electron chi connectivity index (χ0n) is 16.5. The van der Waals surface area contributed by atoms with Crippen LogP contribution in [-0.4, -0.2) is 37.2 Å². The molecule has 0 radical (unpaired) electrons. The van der Waals surface area contributed by atoms with Crippen LogP contribution >= 0.6 is 0 Å². The third-order valence-corrected chi connectivity index (χ3v) is 8.71. The van der Waals surface area contributed by atoms with Gasteiger partial charge in [-0.15, -0.1) is 0 Å². The van der Waals surface area contributed by atoms with Crippen molar-refractivity contribution in [2.24, 2.45) is 22.7 Å². The molecule has 2 spiro atoms. The number of carbonyl (C=O) groups excluding carboxylic acids is 1. The maximum atomic E-state index is 12.0. The molecular weight excluding hydrogens is 360 g/mol. The molecule has 0 amide bonds. The molecular formula is C22H28O6. The standard InChI is InChI=1S/C22H28O6/c1-13-8-18(27-14(2)23)22-12-25-19-21(13,9-16(28-19)15-5-7-24-10-15)17(22)4-3-6-20(22)11-26-20/h5,7,10,13,16-19H,3-4,6,8-9,11-12H2,1-2H3/t13-,16+,17-,18+,19+,20+,21+,22+/m1/s1. The van der Waals surface area contributed by atoms with E-state index in [1.54, 1.807) is 12.5 Å². The average Bonchev–Trinajstić information content (AvgIpc) is 3.09. The van der Waals surface area contributed by atoms with Gasteiger partial charge in [0.2, 0.25) is 0 Å². The second-order valence-corrected chi connectivity index (χ2v) is 9.64. The fourth-order valence-electron chi connectivity index (χ4n) is 7.48. The Morgan fingerprint density at radius 1 is 1.32 bits per heavy atom. The highest BCUT2D eigenvalue weighted by molar-refractivity contribution is 5.66. The Hall–Kier alpha value is -1.37. The number of esters is 1. The van der Waals surface area contributed by atoms with Crippen molar-refractivity contribution in [3.05, 3.63) is 24.2 Å². The van der Waals surface area contributed by atoms with Gasteiger partial charge in [0.1, 0.15) is 11.7 Å². The average molecular weight is 388 g/mol. The third-order valence-electron chi connectivity index (χ3n) is 8.71. The summed E-state index contributed by atoms with van der Waals surface area (Å²) in [6.45, 7) is 5.11. The number of hydrogen-bond acceptors (Lipinski definition) is 6. The van der Waals surface area contributed by atoms with E-state index in [-0.39, 0.29) is 40.9 Å². The summed E-state index contributed by atoms with van der Waals surface area (Å²) in [4.78, 5) is 12.0. The molecule has 3 saturated heterocycles. The Labute approximate surface area is 164 Å². The van der Waals surface area contributed by atoms with E-state index in [2.05, 4.69) is 6.92 Å². The molecule has 28 heavy (non-hydrogen) atoms. The SMILES string of the molecule is CC(=O)O[C@H]1C[C@@H](C)[C@]23C[C@@H](c4ccoc4)O[C@@H]2OC[C@]12[C@@H]3CCC[C@]21CO1. The van der Waals surface area contributed by atoms with Gasteiger partial charge in [0.25, 0.3) is 0 Å². The number of ether oxygens (including phenoxy) is 4. The van der Waals surface area contributed by atoms with Crippen LogP contribution in [0.15, 0.2) is 23.0 Å². The second-order valence-electron chi connectivity index (χ2n) is 9.64. The van der Waals surface area contributed by atoms with E-state index >= 15 is 0 Å². The molecule has 2 aliphatic carbocycles. The lowest BCUT2D eigenvalue weighted by Crippen LogP contribution is -2.72. The number of epoxide rings is 1. The van der Waals surface area contributed by atoms with Crippen molar-refractivity contribution in [2.45, 2.75) is 70.1 Å². The number of rotatable bonds is 2. The van der Waals surface area contributed by atoms with E-state index in [1.165, 1.54) is 6.92 Å². The zero-order chi connectivity index (χ0) is 19.1. The van der Waals surface area contributed by atoms with Gasteiger partial charge >= 0.3 is 5.97 Å². The van der Waals surface area contributed by atoms with Gasteiger partial charge in [0, 0.05) is 17.9 Å². The summed E-state index contributed by atoms with van der Waals surface area (Å²) >= 11 is 0. The molecule has 6 heteroatoms. The van der Waals surface area contributed by atoms with Crippen molar-refractivity contribution in [3.63, 3.8) is 0 Å². The fourth-order valence-corrected chi connectivity index (χ4v) is 7.48. The lowest BCUT2D eigenvalue weighted by atomic mass is 9.41. The van der Waals surface area contributed by atoms with Crippen LogP contribution in [0.25, 0.3) is 0 Å². The van der Waals surface area contributed by atoms with Crippen molar-refractivity contribution in [1.82, 2.24) is 0 Å². The topological polar surface area (TPSA) is 70.4 Å². The van der Waals surface area contributed by atoms with Crippen molar-refractivity contribution in [3.8, 4) is 0 Å². The summed E-state index contributed by atoms with van der Waals surface area (Å²) in [7, 11) is 0. The number of carbonyl (C=O) groups is 1. The van der Waals surface area contributed by atoms with Crippen LogP contribution in [0, 0.1) is 22.7 Å². The Bertz CT molecular complexity index is 785. The summed E-state index contributed by atoms with van der Waals surface area (Å²) in [6, 6.07) is 1.99. The second kappa shape index (κ2) is 5.61. The molecule has 2 saturated carbocycles. The van der Waals surface area contributed by atoms with Crippen LogP contribution in [0.5, 0.6) is 0 Å². The van der Waals surface area contributed by atoms with Crippen LogP contribution in [0.2, 0.25) is 0 Å². The van der Waals surface area contributed by atoms with E-state index in [0.29, 0.717) is 18.4 Å². The van der Waals surface area contributed by atoms with Crippen LogP contribution in [0.4, 0.5) is 0 Å². The van der Waals surface area contributed by atoms with E-state index in [0.717, 1.165) is 44.3 Å². The van der Waals surface area contributed by atoms with Crippen molar-refractivity contribution < 1.29 is 28.2 Å². The minimum absolute atomic E-state index is 0.00901. The van der Waals surface area contributed by atoms with Gasteiger partial charge in [-0.2, -0.15) is 0 Å². The summed E-state index contributed by atoms with van der Waals surface area (Å²) in [5.41, 5.74) is 0.563. The maximum absolute atomic E-state index is 12.0. The smallest absolute Gasteiger partial charge is 0.302 e. The molecule has 5 aliphatic rings. The van der Waals surface area contributed by atoms with Gasteiger partial charge in [-0.3, -0.25) is 4.79 Å². The molecule has 1 aromatic rings. The van der Waals surface area contributed by atoms with Crippen molar-refractivity contribution in [1.29, 1.82) is 0 Å². The zero-order valence-corrected chi connectivity index (χ0v) is 16.5. The minimum Gasteiger partial charge on any atom is -0.472 e. The predicted octanol–water partition coefficient (Wildman–Crippen LogP) is 3.61. The third kappa shape index (κ3) is 1.97. The molecule has 1 aromatic heterocycles. The Morgan fingerprint density at radius 2 is 2.18 bits per heavy atom. The summed E-state index contributed by atoms with van der Waals surface area (Å²) in [6.07, 6.45) is 8.20. The predicted molar refractivity (Wildman–Crippen MR) is 97.1 cm³/mol.